The van der Waals surface area contributed by atoms with Crippen LogP contribution in [0.15, 0.2) is 0 Å². The average molecular weight is 127 g/mol. The molecule has 0 saturated carbocycles. The molecule has 1 rings (SSSR count). The molecule has 1 saturated heterocycles. The van der Waals surface area contributed by atoms with Gasteiger partial charge in [-0.3, -0.25) is 0 Å². The Morgan fingerprint density at radius 1 is 1.33 bits per heavy atom. The predicted octanol–water partition coefficient (Wildman–Crippen LogP) is 1.50. The molecule has 1 nitrogen and oxygen atoms in total. The largest absolute Gasteiger partial charge is 0.316 e. The zero-order chi connectivity index (χ0) is 6.85. The second-order valence-electron chi connectivity index (χ2n) is 3.54. The van der Waals surface area contributed by atoms with Crippen LogP contribution in [0.4, 0.5) is 0 Å². The molecule has 0 bridgehead atoms. The molecule has 9 heavy (non-hydrogen) atoms. The Bertz CT molecular complexity index is 88.6. The van der Waals surface area contributed by atoms with Gasteiger partial charge in [-0.2, -0.15) is 0 Å². The lowest BCUT2D eigenvalue weighted by molar-refractivity contribution is 0.339. The first-order valence-electron chi connectivity index (χ1n) is 3.92. The molecule has 1 fully saturated rings. The summed E-state index contributed by atoms with van der Waals surface area (Å²) in [6.07, 6.45) is 0. The van der Waals surface area contributed by atoms with Gasteiger partial charge in [0.15, 0.2) is 0 Å². The van der Waals surface area contributed by atoms with Gasteiger partial charge in [0.2, 0.25) is 0 Å². The van der Waals surface area contributed by atoms with Gasteiger partial charge in [-0.05, 0) is 30.8 Å². The number of nitrogens with one attached hydrogen (secondary N) is 1. The standard InChI is InChI=1S/C8H17N/c1-6(2)8-5-9-4-7(8)3/h6-9H,4-5H2,1-3H3/t7-,8+/m1/s1. The van der Waals surface area contributed by atoms with Crippen LogP contribution in [0.2, 0.25) is 0 Å². The summed E-state index contributed by atoms with van der Waals surface area (Å²) < 4.78 is 0. The van der Waals surface area contributed by atoms with E-state index in [-0.39, 0.29) is 0 Å². The van der Waals surface area contributed by atoms with Crippen molar-refractivity contribution >= 4 is 0 Å². The van der Waals surface area contributed by atoms with Gasteiger partial charge < -0.3 is 5.32 Å². The third-order valence-electron chi connectivity index (χ3n) is 2.43. The molecule has 0 radical (unpaired) electrons. The second kappa shape index (κ2) is 2.70. The monoisotopic (exact) mass is 127 g/mol. The molecule has 1 aliphatic heterocycles. The maximum atomic E-state index is 3.40. The smallest absolute Gasteiger partial charge is 0.00149 e. The second-order valence-corrected chi connectivity index (χ2v) is 3.54. The molecule has 0 aliphatic carbocycles. The van der Waals surface area contributed by atoms with Gasteiger partial charge in [0, 0.05) is 0 Å². The van der Waals surface area contributed by atoms with Gasteiger partial charge in [-0.1, -0.05) is 20.8 Å². The molecule has 0 amide bonds. The number of hydrogen-bond acceptors (Lipinski definition) is 1. The van der Waals surface area contributed by atoms with Crippen LogP contribution in [-0.4, -0.2) is 13.1 Å². The van der Waals surface area contributed by atoms with Crippen molar-refractivity contribution in [2.75, 3.05) is 13.1 Å². The highest BCUT2D eigenvalue weighted by Gasteiger charge is 2.24. The Morgan fingerprint density at radius 2 is 2.00 bits per heavy atom. The molecule has 1 heteroatoms. The summed E-state index contributed by atoms with van der Waals surface area (Å²) in [4.78, 5) is 0. The van der Waals surface area contributed by atoms with Crippen LogP contribution in [0, 0.1) is 17.8 Å². The summed E-state index contributed by atoms with van der Waals surface area (Å²) in [7, 11) is 0. The van der Waals surface area contributed by atoms with Crippen LogP contribution in [0.3, 0.4) is 0 Å². The zero-order valence-electron chi connectivity index (χ0n) is 6.65. The van der Waals surface area contributed by atoms with Crippen LogP contribution < -0.4 is 5.32 Å². The molecule has 0 unspecified atom stereocenters. The summed E-state index contributed by atoms with van der Waals surface area (Å²) in [6, 6.07) is 0. The summed E-state index contributed by atoms with van der Waals surface area (Å²) >= 11 is 0. The van der Waals surface area contributed by atoms with E-state index >= 15 is 0 Å². The van der Waals surface area contributed by atoms with Crippen molar-refractivity contribution in [1.82, 2.24) is 5.32 Å². The lowest BCUT2D eigenvalue weighted by Crippen LogP contribution is -2.15. The summed E-state index contributed by atoms with van der Waals surface area (Å²) in [5, 5.41) is 3.40. The van der Waals surface area contributed by atoms with E-state index in [1.165, 1.54) is 13.1 Å². The van der Waals surface area contributed by atoms with E-state index in [1.807, 2.05) is 0 Å². The van der Waals surface area contributed by atoms with E-state index in [0.29, 0.717) is 0 Å². The minimum atomic E-state index is 0.856. The fourth-order valence-corrected chi connectivity index (χ4v) is 1.72. The van der Waals surface area contributed by atoms with Crippen molar-refractivity contribution in [1.29, 1.82) is 0 Å². The Hall–Kier alpha value is -0.0400. The van der Waals surface area contributed by atoms with Gasteiger partial charge in [0.1, 0.15) is 0 Å². The van der Waals surface area contributed by atoms with E-state index in [1.54, 1.807) is 0 Å². The zero-order valence-corrected chi connectivity index (χ0v) is 6.65. The van der Waals surface area contributed by atoms with Gasteiger partial charge in [0.25, 0.3) is 0 Å². The first-order chi connectivity index (χ1) is 4.22. The van der Waals surface area contributed by atoms with E-state index in [9.17, 15) is 0 Å². The predicted molar refractivity (Wildman–Crippen MR) is 40.4 cm³/mol. The van der Waals surface area contributed by atoms with Crippen LogP contribution >= 0.6 is 0 Å². The molecular weight excluding hydrogens is 110 g/mol. The normalized spacial score (nSPS) is 36.0. The van der Waals surface area contributed by atoms with Gasteiger partial charge in [-0.15, -0.1) is 0 Å². The van der Waals surface area contributed by atoms with Gasteiger partial charge in [0.05, 0.1) is 0 Å². The Kier molecular flexibility index (Phi) is 2.12. The van der Waals surface area contributed by atoms with Gasteiger partial charge in [-0.25, -0.2) is 0 Å². The average Bonchev–Trinajstić information content (AvgIpc) is 2.13. The quantitative estimate of drug-likeness (QED) is 0.563. The molecular formula is C8H17N. The minimum absolute atomic E-state index is 0.856. The summed E-state index contributed by atoms with van der Waals surface area (Å²) in [5.74, 6) is 2.67. The Labute approximate surface area is 57.8 Å². The van der Waals surface area contributed by atoms with Crippen molar-refractivity contribution in [3.63, 3.8) is 0 Å². The van der Waals surface area contributed by atoms with Crippen molar-refractivity contribution in [2.45, 2.75) is 20.8 Å². The first-order valence-corrected chi connectivity index (χ1v) is 3.92. The van der Waals surface area contributed by atoms with Crippen LogP contribution in [-0.2, 0) is 0 Å². The summed E-state index contributed by atoms with van der Waals surface area (Å²) in [6.45, 7) is 9.43. The lowest BCUT2D eigenvalue weighted by Gasteiger charge is -2.17. The van der Waals surface area contributed by atoms with E-state index in [4.69, 9.17) is 0 Å². The maximum absolute atomic E-state index is 3.40. The lowest BCUT2D eigenvalue weighted by atomic mass is 9.88. The van der Waals surface area contributed by atoms with E-state index in [0.717, 1.165) is 17.8 Å². The minimum Gasteiger partial charge on any atom is -0.316 e. The Balaban J connectivity index is 2.40. The molecule has 0 aromatic carbocycles. The molecule has 1 aliphatic rings. The highest BCUT2D eigenvalue weighted by atomic mass is 14.9. The number of hydrogen-bond donors (Lipinski definition) is 1. The van der Waals surface area contributed by atoms with Crippen LogP contribution in [0.5, 0.6) is 0 Å². The molecule has 1 heterocycles. The van der Waals surface area contributed by atoms with Crippen LogP contribution in [0.25, 0.3) is 0 Å². The summed E-state index contributed by atoms with van der Waals surface area (Å²) in [5.41, 5.74) is 0. The van der Waals surface area contributed by atoms with Crippen molar-refractivity contribution in [2.24, 2.45) is 17.8 Å². The van der Waals surface area contributed by atoms with Crippen molar-refractivity contribution < 1.29 is 0 Å². The third-order valence-corrected chi connectivity index (χ3v) is 2.43. The van der Waals surface area contributed by atoms with Crippen molar-refractivity contribution in [3.8, 4) is 0 Å². The molecule has 0 aromatic heterocycles. The van der Waals surface area contributed by atoms with E-state index < -0.39 is 0 Å². The maximum Gasteiger partial charge on any atom is -0.00149 e. The van der Waals surface area contributed by atoms with Crippen molar-refractivity contribution in [3.05, 3.63) is 0 Å². The molecule has 2 atom stereocenters. The van der Waals surface area contributed by atoms with E-state index in [2.05, 4.69) is 26.1 Å². The fraction of sp³-hybridized carbons (Fsp3) is 1.00. The van der Waals surface area contributed by atoms with Gasteiger partial charge >= 0.3 is 0 Å². The topological polar surface area (TPSA) is 12.0 Å². The van der Waals surface area contributed by atoms with Crippen LogP contribution in [0.1, 0.15) is 20.8 Å². The molecule has 54 valence electrons. The fourth-order valence-electron chi connectivity index (χ4n) is 1.72. The third kappa shape index (κ3) is 1.45. The number of rotatable bonds is 1. The highest BCUT2D eigenvalue weighted by Crippen LogP contribution is 2.23. The Morgan fingerprint density at radius 3 is 2.22 bits per heavy atom. The molecule has 1 N–H and O–H groups in total. The molecule has 0 spiro atoms. The highest BCUT2D eigenvalue weighted by molar-refractivity contribution is 4.79. The first kappa shape index (κ1) is 7.07. The molecule has 0 aromatic rings. The SMILES string of the molecule is CC(C)[C@@H]1CNC[C@H]1C.